The number of ether oxygens (including phenoxy) is 3. The third-order valence-corrected chi connectivity index (χ3v) is 4.85. The fourth-order valence-electron chi connectivity index (χ4n) is 3.38. The van der Waals surface area contributed by atoms with E-state index in [9.17, 15) is 4.79 Å². The quantitative estimate of drug-likeness (QED) is 0.689. The SMILES string of the molecule is COc1ccc(CCC(=O)NCCOc2ccc3c(c2)CCC3)cc1OC. The summed E-state index contributed by atoms with van der Waals surface area (Å²) in [6.45, 7) is 0.975. The predicted molar refractivity (Wildman–Crippen MR) is 105 cm³/mol. The van der Waals surface area contributed by atoms with E-state index in [1.54, 1.807) is 14.2 Å². The first-order valence-electron chi connectivity index (χ1n) is 9.42. The normalized spacial score (nSPS) is 12.4. The van der Waals surface area contributed by atoms with Crippen LogP contribution in [0.4, 0.5) is 0 Å². The highest BCUT2D eigenvalue weighted by Crippen LogP contribution is 2.28. The fraction of sp³-hybridized carbons (Fsp3) is 0.409. The van der Waals surface area contributed by atoms with E-state index in [-0.39, 0.29) is 5.91 Å². The lowest BCUT2D eigenvalue weighted by Crippen LogP contribution is -2.28. The molecule has 0 saturated carbocycles. The molecule has 0 spiro atoms. The molecule has 5 nitrogen and oxygen atoms in total. The summed E-state index contributed by atoms with van der Waals surface area (Å²) in [5, 5.41) is 2.91. The first-order valence-corrected chi connectivity index (χ1v) is 9.42. The van der Waals surface area contributed by atoms with Crippen molar-refractivity contribution in [2.75, 3.05) is 27.4 Å². The van der Waals surface area contributed by atoms with Crippen LogP contribution in [-0.2, 0) is 24.1 Å². The van der Waals surface area contributed by atoms with Gasteiger partial charge in [0.1, 0.15) is 12.4 Å². The molecule has 0 bridgehead atoms. The highest BCUT2D eigenvalue weighted by Gasteiger charge is 2.11. The monoisotopic (exact) mass is 369 g/mol. The van der Waals surface area contributed by atoms with Crippen LogP contribution in [0.5, 0.6) is 17.2 Å². The first-order chi connectivity index (χ1) is 13.2. The second kappa shape index (κ2) is 9.31. The molecule has 0 atom stereocenters. The van der Waals surface area contributed by atoms with Crippen molar-refractivity contribution < 1.29 is 19.0 Å². The molecule has 1 amide bonds. The minimum absolute atomic E-state index is 0.0161. The second-order valence-corrected chi connectivity index (χ2v) is 6.67. The molecule has 0 saturated heterocycles. The largest absolute Gasteiger partial charge is 0.493 e. The standard InChI is InChI=1S/C22H27NO4/c1-25-20-10-6-16(14-21(20)26-2)7-11-22(24)23-12-13-27-19-9-8-17-4-3-5-18(17)15-19/h6,8-10,14-15H,3-5,7,11-13H2,1-2H3,(H,23,24). The molecule has 3 rings (SSSR count). The van der Waals surface area contributed by atoms with Gasteiger partial charge in [0.2, 0.25) is 5.91 Å². The van der Waals surface area contributed by atoms with Crippen molar-refractivity contribution in [3.05, 3.63) is 53.1 Å². The lowest BCUT2D eigenvalue weighted by Gasteiger charge is -2.10. The summed E-state index contributed by atoms with van der Waals surface area (Å²) in [5.74, 6) is 2.27. The van der Waals surface area contributed by atoms with Crippen LogP contribution in [0.1, 0.15) is 29.5 Å². The fourth-order valence-corrected chi connectivity index (χ4v) is 3.38. The minimum Gasteiger partial charge on any atom is -0.493 e. The highest BCUT2D eigenvalue weighted by molar-refractivity contribution is 5.76. The topological polar surface area (TPSA) is 56.8 Å². The van der Waals surface area contributed by atoms with Crippen LogP contribution in [-0.4, -0.2) is 33.3 Å². The number of methoxy groups -OCH3 is 2. The van der Waals surface area contributed by atoms with Crippen LogP contribution >= 0.6 is 0 Å². The summed E-state index contributed by atoms with van der Waals surface area (Å²) < 4.78 is 16.3. The van der Waals surface area contributed by atoms with Crippen molar-refractivity contribution in [3.63, 3.8) is 0 Å². The Labute approximate surface area is 160 Å². The average Bonchev–Trinajstić information content (AvgIpc) is 3.17. The molecule has 0 aliphatic heterocycles. The summed E-state index contributed by atoms with van der Waals surface area (Å²) in [7, 11) is 3.21. The number of nitrogens with one attached hydrogen (secondary N) is 1. The van der Waals surface area contributed by atoms with Crippen molar-refractivity contribution in [2.24, 2.45) is 0 Å². The molecule has 2 aromatic carbocycles. The second-order valence-electron chi connectivity index (χ2n) is 6.67. The van der Waals surface area contributed by atoms with Crippen molar-refractivity contribution in [3.8, 4) is 17.2 Å². The Hall–Kier alpha value is -2.69. The van der Waals surface area contributed by atoms with Crippen LogP contribution in [0.15, 0.2) is 36.4 Å². The van der Waals surface area contributed by atoms with E-state index in [0.29, 0.717) is 37.5 Å². The van der Waals surface area contributed by atoms with Gasteiger partial charge in [0.15, 0.2) is 11.5 Å². The number of hydrogen-bond donors (Lipinski definition) is 1. The van der Waals surface area contributed by atoms with E-state index in [1.165, 1.54) is 24.0 Å². The molecule has 0 unspecified atom stereocenters. The van der Waals surface area contributed by atoms with Gasteiger partial charge in [-0.25, -0.2) is 0 Å². The van der Waals surface area contributed by atoms with E-state index in [1.807, 2.05) is 24.3 Å². The first kappa shape index (κ1) is 19.1. The maximum atomic E-state index is 12.0. The van der Waals surface area contributed by atoms with E-state index in [2.05, 4.69) is 17.4 Å². The lowest BCUT2D eigenvalue weighted by molar-refractivity contribution is -0.121. The molecule has 0 heterocycles. The molecule has 0 fully saturated rings. The van der Waals surface area contributed by atoms with Crippen molar-refractivity contribution >= 4 is 5.91 Å². The molecule has 0 radical (unpaired) electrons. The zero-order valence-corrected chi connectivity index (χ0v) is 16.0. The molecule has 1 aliphatic rings. The number of benzene rings is 2. The maximum Gasteiger partial charge on any atom is 0.220 e. The summed E-state index contributed by atoms with van der Waals surface area (Å²) in [6, 6.07) is 12.0. The van der Waals surface area contributed by atoms with E-state index >= 15 is 0 Å². The number of hydrogen-bond acceptors (Lipinski definition) is 4. The van der Waals surface area contributed by atoms with E-state index < -0.39 is 0 Å². The Bertz CT molecular complexity index is 788. The van der Waals surface area contributed by atoms with Crippen LogP contribution < -0.4 is 19.5 Å². The Morgan fingerprint density at radius 3 is 2.63 bits per heavy atom. The van der Waals surface area contributed by atoms with E-state index in [0.717, 1.165) is 17.7 Å². The Balaban J connectivity index is 1.37. The number of amides is 1. The van der Waals surface area contributed by atoms with Gasteiger partial charge in [0.05, 0.1) is 20.8 Å². The number of rotatable bonds is 9. The van der Waals surface area contributed by atoms with Crippen LogP contribution in [0.2, 0.25) is 0 Å². The van der Waals surface area contributed by atoms with Gasteiger partial charge in [-0.15, -0.1) is 0 Å². The minimum atomic E-state index is 0.0161. The summed E-state index contributed by atoms with van der Waals surface area (Å²) in [5.41, 5.74) is 3.87. The van der Waals surface area contributed by atoms with Crippen molar-refractivity contribution in [1.82, 2.24) is 5.32 Å². The van der Waals surface area contributed by atoms with Gasteiger partial charge >= 0.3 is 0 Å². The number of carbonyl (C=O) groups excluding carboxylic acids is 1. The molecular weight excluding hydrogens is 342 g/mol. The van der Waals surface area contributed by atoms with Crippen molar-refractivity contribution in [1.29, 1.82) is 0 Å². The third-order valence-electron chi connectivity index (χ3n) is 4.85. The smallest absolute Gasteiger partial charge is 0.220 e. The summed E-state index contributed by atoms with van der Waals surface area (Å²) >= 11 is 0. The molecule has 0 aromatic heterocycles. The zero-order chi connectivity index (χ0) is 19.1. The van der Waals surface area contributed by atoms with Crippen LogP contribution in [0.3, 0.4) is 0 Å². The molecule has 1 aliphatic carbocycles. The van der Waals surface area contributed by atoms with Gasteiger partial charge in [0, 0.05) is 6.42 Å². The van der Waals surface area contributed by atoms with Crippen molar-refractivity contribution in [2.45, 2.75) is 32.1 Å². The summed E-state index contributed by atoms with van der Waals surface area (Å²) in [6.07, 6.45) is 4.62. The Morgan fingerprint density at radius 1 is 1.00 bits per heavy atom. The molecule has 144 valence electrons. The Morgan fingerprint density at radius 2 is 1.81 bits per heavy atom. The number of aryl methyl sites for hydroxylation is 3. The molecule has 1 N–H and O–H groups in total. The number of fused-ring (bicyclic) bond motifs is 1. The van der Waals surface area contributed by atoms with Gasteiger partial charge in [0.25, 0.3) is 0 Å². The maximum absolute atomic E-state index is 12.0. The Kier molecular flexibility index (Phi) is 6.58. The van der Waals surface area contributed by atoms with E-state index in [4.69, 9.17) is 14.2 Å². The average molecular weight is 369 g/mol. The molecule has 2 aromatic rings. The molecule has 5 heteroatoms. The van der Waals surface area contributed by atoms with Crippen LogP contribution in [0, 0.1) is 0 Å². The van der Waals surface area contributed by atoms with Gasteiger partial charge in [-0.1, -0.05) is 12.1 Å². The lowest BCUT2D eigenvalue weighted by atomic mass is 10.1. The zero-order valence-electron chi connectivity index (χ0n) is 16.0. The van der Waals surface area contributed by atoms with Gasteiger partial charge in [-0.3, -0.25) is 4.79 Å². The number of carbonyl (C=O) groups is 1. The highest BCUT2D eigenvalue weighted by atomic mass is 16.5. The van der Waals surface area contributed by atoms with Crippen LogP contribution in [0.25, 0.3) is 0 Å². The molecular formula is C22H27NO4. The van der Waals surface area contributed by atoms with Gasteiger partial charge in [-0.2, -0.15) is 0 Å². The van der Waals surface area contributed by atoms with Gasteiger partial charge < -0.3 is 19.5 Å². The third kappa shape index (κ3) is 5.16. The summed E-state index contributed by atoms with van der Waals surface area (Å²) in [4.78, 5) is 12.0. The van der Waals surface area contributed by atoms with Gasteiger partial charge in [-0.05, 0) is 66.6 Å². The predicted octanol–water partition coefficient (Wildman–Crippen LogP) is 3.32. The molecule has 27 heavy (non-hydrogen) atoms.